The van der Waals surface area contributed by atoms with Crippen LogP contribution in [-0.2, 0) is 6.54 Å². The smallest absolute Gasteiger partial charge is 0.388 e. The molecule has 1 aromatic carbocycles. The van der Waals surface area contributed by atoms with Crippen molar-refractivity contribution < 1.29 is 17.9 Å². The Hall–Kier alpha value is -2.61. The van der Waals surface area contributed by atoms with Crippen LogP contribution in [0.1, 0.15) is 24.5 Å². The van der Waals surface area contributed by atoms with E-state index >= 15 is 0 Å². The zero-order valence-electron chi connectivity index (χ0n) is 13.6. The summed E-state index contributed by atoms with van der Waals surface area (Å²) < 4.78 is 44.5. The largest absolute Gasteiger partial charge is 0.416 e. The fourth-order valence-electron chi connectivity index (χ4n) is 2.38. The second-order valence-electron chi connectivity index (χ2n) is 5.50. The topological polar surface area (TPSA) is 52.8 Å². The van der Waals surface area contributed by atoms with E-state index in [9.17, 15) is 13.2 Å². The summed E-state index contributed by atoms with van der Waals surface area (Å²) >= 11 is 5.99. The first-order valence-electron chi connectivity index (χ1n) is 7.65. The van der Waals surface area contributed by atoms with Crippen LogP contribution in [0.4, 0.5) is 13.2 Å². The van der Waals surface area contributed by atoms with Gasteiger partial charge in [-0.25, -0.2) is 19.0 Å². The SMILES string of the molecule is CC(F)c1ncn(Cc2cnc(OC(F)F)c(-c3cccc(Cl)c3)c2)n1. The van der Waals surface area contributed by atoms with E-state index in [1.165, 1.54) is 24.1 Å². The molecule has 0 N–H and O–H groups in total. The number of pyridine rings is 1. The zero-order chi connectivity index (χ0) is 18.7. The molecule has 0 saturated carbocycles. The maximum absolute atomic E-state index is 13.2. The summed E-state index contributed by atoms with van der Waals surface area (Å²) in [4.78, 5) is 7.86. The second kappa shape index (κ2) is 7.74. The van der Waals surface area contributed by atoms with Crippen molar-refractivity contribution >= 4 is 11.6 Å². The fraction of sp³-hybridized carbons (Fsp3) is 0.235. The van der Waals surface area contributed by atoms with E-state index in [0.29, 0.717) is 21.7 Å². The van der Waals surface area contributed by atoms with Crippen LogP contribution in [0, 0.1) is 0 Å². The molecule has 9 heteroatoms. The lowest BCUT2D eigenvalue weighted by atomic mass is 10.1. The molecule has 0 fully saturated rings. The summed E-state index contributed by atoms with van der Waals surface area (Å²) in [7, 11) is 0. The van der Waals surface area contributed by atoms with E-state index in [0.717, 1.165) is 0 Å². The average Bonchev–Trinajstić information content (AvgIpc) is 3.04. The number of hydrogen-bond donors (Lipinski definition) is 0. The summed E-state index contributed by atoms with van der Waals surface area (Å²) in [6.07, 6.45) is 1.51. The van der Waals surface area contributed by atoms with Gasteiger partial charge in [-0.1, -0.05) is 23.7 Å². The Bertz CT molecular complexity index is 901. The van der Waals surface area contributed by atoms with Crippen molar-refractivity contribution in [1.29, 1.82) is 0 Å². The lowest BCUT2D eigenvalue weighted by Gasteiger charge is -2.12. The van der Waals surface area contributed by atoms with E-state index in [1.54, 1.807) is 30.3 Å². The zero-order valence-corrected chi connectivity index (χ0v) is 14.4. The van der Waals surface area contributed by atoms with Crippen molar-refractivity contribution in [2.75, 3.05) is 0 Å². The van der Waals surface area contributed by atoms with E-state index in [4.69, 9.17) is 11.6 Å². The predicted octanol–water partition coefficient (Wildman–Crippen LogP) is 4.67. The molecule has 0 radical (unpaired) electrons. The van der Waals surface area contributed by atoms with Crippen LogP contribution >= 0.6 is 11.6 Å². The van der Waals surface area contributed by atoms with E-state index in [-0.39, 0.29) is 18.2 Å². The van der Waals surface area contributed by atoms with Crippen molar-refractivity contribution in [1.82, 2.24) is 19.7 Å². The van der Waals surface area contributed by atoms with Crippen LogP contribution < -0.4 is 4.74 Å². The van der Waals surface area contributed by atoms with E-state index in [2.05, 4.69) is 19.8 Å². The highest BCUT2D eigenvalue weighted by Crippen LogP contribution is 2.31. The number of nitrogens with zero attached hydrogens (tertiary/aromatic N) is 4. The summed E-state index contributed by atoms with van der Waals surface area (Å²) in [5, 5.41) is 4.48. The minimum Gasteiger partial charge on any atom is -0.416 e. The third kappa shape index (κ3) is 4.32. The third-order valence-corrected chi connectivity index (χ3v) is 3.73. The van der Waals surface area contributed by atoms with Crippen molar-refractivity contribution in [2.45, 2.75) is 26.3 Å². The average molecular weight is 383 g/mol. The summed E-state index contributed by atoms with van der Waals surface area (Å²) in [6.45, 7) is -1.42. The molecule has 2 aromatic heterocycles. The Morgan fingerprint density at radius 3 is 2.65 bits per heavy atom. The quantitative estimate of drug-likeness (QED) is 0.621. The van der Waals surface area contributed by atoms with Crippen LogP contribution in [0.15, 0.2) is 42.9 Å². The first-order chi connectivity index (χ1) is 12.4. The highest BCUT2D eigenvalue weighted by molar-refractivity contribution is 6.30. The van der Waals surface area contributed by atoms with Gasteiger partial charge in [0.05, 0.1) is 6.54 Å². The minimum atomic E-state index is -3.00. The first kappa shape index (κ1) is 18.2. The summed E-state index contributed by atoms with van der Waals surface area (Å²) in [5.41, 5.74) is 1.60. The van der Waals surface area contributed by atoms with Gasteiger partial charge in [0.1, 0.15) is 6.33 Å². The number of hydrogen-bond acceptors (Lipinski definition) is 4. The number of halogens is 4. The maximum Gasteiger partial charge on any atom is 0.388 e. The Kier molecular flexibility index (Phi) is 5.41. The lowest BCUT2D eigenvalue weighted by Crippen LogP contribution is -2.07. The number of alkyl halides is 3. The van der Waals surface area contributed by atoms with Gasteiger partial charge in [0, 0.05) is 16.8 Å². The molecule has 0 aliphatic rings. The summed E-state index contributed by atoms with van der Waals surface area (Å²) in [5.74, 6) is -0.131. The second-order valence-corrected chi connectivity index (χ2v) is 5.94. The number of benzene rings is 1. The first-order valence-corrected chi connectivity index (χ1v) is 8.03. The molecule has 1 unspecified atom stereocenters. The molecular weight excluding hydrogens is 369 g/mol. The van der Waals surface area contributed by atoms with Crippen LogP contribution in [-0.4, -0.2) is 26.4 Å². The van der Waals surface area contributed by atoms with Crippen molar-refractivity contribution in [3.8, 4) is 17.0 Å². The molecule has 0 saturated heterocycles. The Morgan fingerprint density at radius 2 is 2.00 bits per heavy atom. The number of aromatic nitrogens is 4. The molecule has 1 atom stereocenters. The van der Waals surface area contributed by atoms with E-state index < -0.39 is 12.8 Å². The molecule has 3 rings (SSSR count). The minimum absolute atomic E-state index is 0.0747. The molecule has 0 aliphatic heterocycles. The van der Waals surface area contributed by atoms with E-state index in [1.807, 2.05) is 0 Å². The molecule has 0 aliphatic carbocycles. The van der Waals surface area contributed by atoms with Crippen LogP contribution in [0.25, 0.3) is 11.1 Å². The third-order valence-electron chi connectivity index (χ3n) is 3.50. The van der Waals surface area contributed by atoms with Crippen molar-refractivity contribution in [2.24, 2.45) is 0 Å². The Labute approximate surface area is 152 Å². The molecule has 3 aromatic rings. The Balaban J connectivity index is 1.95. The van der Waals surface area contributed by atoms with Gasteiger partial charge in [0.25, 0.3) is 0 Å². The molecule has 0 amide bonds. The van der Waals surface area contributed by atoms with Gasteiger partial charge in [-0.05, 0) is 36.2 Å². The van der Waals surface area contributed by atoms with Gasteiger partial charge in [-0.2, -0.15) is 13.9 Å². The molecule has 136 valence electrons. The van der Waals surface area contributed by atoms with Gasteiger partial charge in [0.2, 0.25) is 5.88 Å². The number of ether oxygens (including phenoxy) is 1. The van der Waals surface area contributed by atoms with Crippen molar-refractivity contribution in [3.63, 3.8) is 0 Å². The molecular formula is C17H14ClF3N4O. The highest BCUT2D eigenvalue weighted by Gasteiger charge is 2.15. The summed E-state index contributed by atoms with van der Waals surface area (Å²) in [6, 6.07) is 8.35. The van der Waals surface area contributed by atoms with Crippen molar-refractivity contribution in [3.05, 3.63) is 59.3 Å². The molecule has 26 heavy (non-hydrogen) atoms. The monoisotopic (exact) mass is 382 g/mol. The van der Waals surface area contributed by atoms with Crippen LogP contribution in [0.5, 0.6) is 5.88 Å². The fourth-order valence-corrected chi connectivity index (χ4v) is 2.57. The molecule has 0 spiro atoms. The standard InChI is InChI=1S/C17H14ClF3N4O/c1-10(19)15-23-9-25(24-15)8-11-5-14(12-3-2-4-13(18)6-12)16(22-7-11)26-17(20)21/h2-7,9-10,17H,8H2,1H3. The maximum atomic E-state index is 13.2. The number of rotatable bonds is 6. The predicted molar refractivity (Wildman–Crippen MR) is 90.0 cm³/mol. The molecule has 5 nitrogen and oxygen atoms in total. The van der Waals surface area contributed by atoms with Gasteiger partial charge in [-0.3, -0.25) is 0 Å². The van der Waals surface area contributed by atoms with Gasteiger partial charge in [0.15, 0.2) is 12.0 Å². The Morgan fingerprint density at radius 1 is 1.19 bits per heavy atom. The van der Waals surface area contributed by atoms with Crippen LogP contribution in [0.2, 0.25) is 5.02 Å². The lowest BCUT2D eigenvalue weighted by molar-refractivity contribution is -0.0524. The van der Waals surface area contributed by atoms with Gasteiger partial charge in [-0.15, -0.1) is 0 Å². The van der Waals surface area contributed by atoms with Gasteiger partial charge >= 0.3 is 6.61 Å². The van der Waals surface area contributed by atoms with Crippen LogP contribution in [0.3, 0.4) is 0 Å². The van der Waals surface area contributed by atoms with Gasteiger partial charge < -0.3 is 4.74 Å². The molecule has 0 bridgehead atoms. The highest BCUT2D eigenvalue weighted by atomic mass is 35.5. The normalized spacial score (nSPS) is 12.4. The molecule has 2 heterocycles.